The second-order valence-corrected chi connectivity index (χ2v) is 37.4. The lowest BCUT2D eigenvalue weighted by molar-refractivity contribution is -0.161. The molecule has 0 radical (unpaired) electrons. The summed E-state index contributed by atoms with van der Waals surface area (Å²) in [6.45, 7) is 9.82. The Bertz CT molecular complexity index is 2150. The minimum Gasteiger partial charge on any atom is -0.462 e. The molecule has 0 rings (SSSR count). The zero-order valence-electron chi connectivity index (χ0n) is 74.7. The Balaban J connectivity index is 5.23. The number of aliphatic hydroxyl groups is 1. The van der Waals surface area contributed by atoms with Crippen LogP contribution in [-0.2, 0) is 65.4 Å². The fraction of sp³-hybridized carbons (Fsp3) is 0.957. The van der Waals surface area contributed by atoms with Gasteiger partial charge in [0.05, 0.1) is 26.4 Å². The summed E-state index contributed by atoms with van der Waals surface area (Å²) in [5, 5.41) is 10.7. The van der Waals surface area contributed by atoms with Crippen LogP contribution in [0.1, 0.15) is 510 Å². The third-order valence-electron chi connectivity index (χ3n) is 22.6. The molecule has 0 aliphatic rings. The van der Waals surface area contributed by atoms with Gasteiger partial charge in [0.1, 0.15) is 19.3 Å². The van der Waals surface area contributed by atoms with Gasteiger partial charge in [-0.25, -0.2) is 9.13 Å². The van der Waals surface area contributed by atoms with Gasteiger partial charge in [-0.3, -0.25) is 37.3 Å². The third kappa shape index (κ3) is 86.3. The first kappa shape index (κ1) is 111. The second-order valence-electron chi connectivity index (χ2n) is 34.5. The minimum absolute atomic E-state index is 0.109. The first-order valence-electron chi connectivity index (χ1n) is 48.5. The molecule has 17 nitrogen and oxygen atoms in total. The number of esters is 4. The zero-order chi connectivity index (χ0) is 82.7. The smallest absolute Gasteiger partial charge is 0.462 e. The van der Waals surface area contributed by atoms with Crippen LogP contribution in [0.3, 0.4) is 0 Å². The van der Waals surface area contributed by atoms with Gasteiger partial charge in [0, 0.05) is 25.7 Å². The molecule has 0 saturated heterocycles. The highest BCUT2D eigenvalue weighted by atomic mass is 31.2. The first-order valence-corrected chi connectivity index (χ1v) is 51.5. The lowest BCUT2D eigenvalue weighted by Crippen LogP contribution is -2.30. The van der Waals surface area contributed by atoms with E-state index < -0.39 is 97.5 Å². The fourth-order valence-electron chi connectivity index (χ4n) is 14.8. The maximum Gasteiger partial charge on any atom is 0.472 e. The summed E-state index contributed by atoms with van der Waals surface area (Å²) in [6, 6.07) is 0. The second kappa shape index (κ2) is 85.1. The molecule has 0 spiro atoms. The number of carbonyl (C=O) groups excluding carboxylic acids is 4. The lowest BCUT2D eigenvalue weighted by atomic mass is 9.99. The predicted octanol–water partition coefficient (Wildman–Crippen LogP) is 29.4. The molecule has 0 aromatic heterocycles. The topological polar surface area (TPSA) is 237 Å². The standard InChI is InChI=1S/C94H184O17P2/c1-7-10-12-14-16-18-20-21-22-23-24-32-37-42-48-54-60-66-72-78-93(98)110-89(82-104-91(96)76-70-64-58-52-44-19-17-15-13-11-8-2)84-108-112(100,101)106-80-88(95)81-107-113(102,103)109-85-90(83-105-92(97)77-71-65-59-53-47-41-36-31-27-25-29-34-39-45-50-56-62-68-74-86(4)5)111-94(99)79-73-67-61-55-49-43-38-33-28-26-30-35-40-46-51-57-63-69-75-87(6)9-3/h86-90,95H,7-85H2,1-6H3,(H,100,101)(H,102,103)/t87?,88-,89+,90+/m0/s1. The molecular formula is C94H184O17P2. The van der Waals surface area contributed by atoms with E-state index in [-0.39, 0.29) is 25.7 Å². The Labute approximate surface area is 696 Å². The molecule has 0 amide bonds. The molecule has 0 aromatic rings. The van der Waals surface area contributed by atoms with Crippen LogP contribution in [0.25, 0.3) is 0 Å². The lowest BCUT2D eigenvalue weighted by Gasteiger charge is -2.21. The molecule has 672 valence electrons. The van der Waals surface area contributed by atoms with E-state index in [1.165, 1.54) is 327 Å². The number of hydrogen-bond donors (Lipinski definition) is 3. The molecule has 0 saturated carbocycles. The Morgan fingerprint density at radius 1 is 0.257 bits per heavy atom. The van der Waals surface area contributed by atoms with E-state index in [1.54, 1.807) is 0 Å². The molecule has 113 heavy (non-hydrogen) atoms. The van der Waals surface area contributed by atoms with E-state index in [1.807, 2.05) is 0 Å². The summed E-state index contributed by atoms with van der Waals surface area (Å²) < 4.78 is 69.1. The summed E-state index contributed by atoms with van der Waals surface area (Å²) in [5.41, 5.74) is 0. The van der Waals surface area contributed by atoms with Crippen LogP contribution in [0.2, 0.25) is 0 Å². The highest BCUT2D eigenvalue weighted by Crippen LogP contribution is 2.45. The van der Waals surface area contributed by atoms with Crippen molar-refractivity contribution in [3.05, 3.63) is 0 Å². The number of phosphoric acid groups is 2. The van der Waals surface area contributed by atoms with Crippen LogP contribution in [-0.4, -0.2) is 96.7 Å². The molecule has 0 fully saturated rings. The molecule has 19 heteroatoms. The van der Waals surface area contributed by atoms with Crippen molar-refractivity contribution in [2.75, 3.05) is 39.6 Å². The molecular weight excluding hydrogens is 1460 g/mol. The van der Waals surface area contributed by atoms with Crippen molar-refractivity contribution in [3.63, 3.8) is 0 Å². The number of rotatable bonds is 93. The molecule has 0 aromatic carbocycles. The zero-order valence-corrected chi connectivity index (χ0v) is 76.5. The van der Waals surface area contributed by atoms with Crippen molar-refractivity contribution >= 4 is 39.5 Å². The van der Waals surface area contributed by atoms with Crippen molar-refractivity contribution in [1.29, 1.82) is 0 Å². The van der Waals surface area contributed by atoms with E-state index in [4.69, 9.17) is 37.0 Å². The largest absolute Gasteiger partial charge is 0.472 e. The Hall–Kier alpha value is -1.94. The SMILES string of the molecule is CCCCCCCCCCCCCCCCCCCCCC(=O)O[C@H](COC(=O)CCCCCCCCCCCCC)COP(=O)(O)OC[C@H](O)COP(=O)(O)OC[C@@H](COC(=O)CCCCCCCCCCCCCCCCCCCCC(C)C)OC(=O)CCCCCCCCCCCCCCCCCCCCC(C)CC. The van der Waals surface area contributed by atoms with Gasteiger partial charge in [-0.15, -0.1) is 0 Å². The summed E-state index contributed by atoms with van der Waals surface area (Å²) in [5.74, 6) is -0.397. The van der Waals surface area contributed by atoms with Gasteiger partial charge in [0.2, 0.25) is 0 Å². The minimum atomic E-state index is -4.97. The average Bonchev–Trinajstić information content (AvgIpc) is 0.897. The normalized spacial score (nSPS) is 13.9. The van der Waals surface area contributed by atoms with Crippen LogP contribution in [0.15, 0.2) is 0 Å². The van der Waals surface area contributed by atoms with Crippen molar-refractivity contribution in [2.45, 2.75) is 529 Å². The Morgan fingerprint density at radius 2 is 0.451 bits per heavy atom. The van der Waals surface area contributed by atoms with Crippen LogP contribution < -0.4 is 0 Å². The quantitative estimate of drug-likeness (QED) is 0.0222. The molecule has 6 atom stereocenters. The summed E-state index contributed by atoms with van der Waals surface area (Å²) in [4.78, 5) is 73.5. The molecule has 0 bridgehead atoms. The maximum absolute atomic E-state index is 13.2. The van der Waals surface area contributed by atoms with Gasteiger partial charge in [-0.2, -0.15) is 0 Å². The Morgan fingerprint density at radius 3 is 0.673 bits per heavy atom. The van der Waals surface area contributed by atoms with Crippen LogP contribution in [0, 0.1) is 11.8 Å². The van der Waals surface area contributed by atoms with Crippen LogP contribution in [0.5, 0.6) is 0 Å². The monoisotopic (exact) mass is 1650 g/mol. The van der Waals surface area contributed by atoms with Crippen LogP contribution >= 0.6 is 15.6 Å². The molecule has 0 heterocycles. The number of hydrogen-bond acceptors (Lipinski definition) is 15. The molecule has 0 aliphatic heterocycles. The highest BCUT2D eigenvalue weighted by Gasteiger charge is 2.31. The van der Waals surface area contributed by atoms with Gasteiger partial charge >= 0.3 is 39.5 Å². The van der Waals surface area contributed by atoms with E-state index >= 15 is 0 Å². The molecule has 0 aliphatic carbocycles. The van der Waals surface area contributed by atoms with Crippen molar-refractivity contribution < 1.29 is 80.2 Å². The van der Waals surface area contributed by atoms with Crippen molar-refractivity contribution in [2.24, 2.45) is 11.8 Å². The third-order valence-corrected chi connectivity index (χ3v) is 24.5. The van der Waals surface area contributed by atoms with Crippen molar-refractivity contribution in [1.82, 2.24) is 0 Å². The van der Waals surface area contributed by atoms with Crippen molar-refractivity contribution in [3.8, 4) is 0 Å². The van der Waals surface area contributed by atoms with E-state index in [2.05, 4.69) is 41.5 Å². The van der Waals surface area contributed by atoms with E-state index in [9.17, 15) is 43.2 Å². The predicted molar refractivity (Wildman–Crippen MR) is 469 cm³/mol. The van der Waals surface area contributed by atoms with E-state index in [0.717, 1.165) is 102 Å². The Kier molecular flexibility index (Phi) is 83.6. The first-order chi connectivity index (χ1) is 54.9. The van der Waals surface area contributed by atoms with Gasteiger partial charge in [0.15, 0.2) is 12.2 Å². The summed E-state index contributed by atoms with van der Waals surface area (Å²) in [7, 11) is -9.94. The van der Waals surface area contributed by atoms with Gasteiger partial charge in [-0.05, 0) is 37.5 Å². The number of phosphoric ester groups is 2. The van der Waals surface area contributed by atoms with Crippen LogP contribution in [0.4, 0.5) is 0 Å². The van der Waals surface area contributed by atoms with Gasteiger partial charge in [-0.1, -0.05) is 459 Å². The number of aliphatic hydroxyl groups excluding tert-OH is 1. The number of unbranched alkanes of at least 4 members (excludes halogenated alkanes) is 62. The number of carbonyl (C=O) groups is 4. The maximum atomic E-state index is 13.2. The summed E-state index contributed by atoms with van der Waals surface area (Å²) in [6.07, 6.45) is 80.6. The molecule has 3 N–H and O–H groups in total. The highest BCUT2D eigenvalue weighted by molar-refractivity contribution is 7.47. The molecule has 3 unspecified atom stereocenters. The van der Waals surface area contributed by atoms with E-state index in [0.29, 0.717) is 25.7 Å². The van der Waals surface area contributed by atoms with Gasteiger partial charge in [0.25, 0.3) is 0 Å². The number of ether oxygens (including phenoxy) is 4. The average molecular weight is 1650 g/mol. The van der Waals surface area contributed by atoms with Gasteiger partial charge < -0.3 is 33.8 Å². The fourth-order valence-corrected chi connectivity index (χ4v) is 16.4. The summed E-state index contributed by atoms with van der Waals surface area (Å²) >= 11 is 0.